The SMILES string of the molecule is [CH3][Al+][O]c1c(C(C)(C)C)cc(C)cc1C(C)(C)C.[Cl-]. The number of benzene rings is 1. The molecule has 0 aliphatic carbocycles. The Morgan fingerprint density at radius 1 is 0.895 bits per heavy atom. The van der Waals surface area contributed by atoms with Gasteiger partial charge in [-0.3, -0.25) is 0 Å². The maximum absolute atomic E-state index is 6.06. The molecule has 0 saturated heterocycles. The Bertz CT molecular complexity index is 392. The molecule has 106 valence electrons. The van der Waals surface area contributed by atoms with Gasteiger partial charge in [0, 0.05) is 0 Å². The van der Waals surface area contributed by atoms with Gasteiger partial charge in [-0.25, -0.2) is 0 Å². The molecule has 0 heterocycles. The third-order valence-corrected chi connectivity index (χ3v) is 3.56. The smallest absolute Gasteiger partial charge is 1.00 e. The predicted octanol–water partition coefficient (Wildman–Crippen LogP) is 1.64. The first-order chi connectivity index (χ1) is 8.07. The van der Waals surface area contributed by atoms with E-state index in [2.05, 4.69) is 66.4 Å². The van der Waals surface area contributed by atoms with Crippen LogP contribution in [-0.4, -0.2) is 15.6 Å². The quantitative estimate of drug-likeness (QED) is 0.754. The van der Waals surface area contributed by atoms with Gasteiger partial charge >= 0.3 is 119 Å². The van der Waals surface area contributed by atoms with E-state index in [0.29, 0.717) is 0 Å². The third-order valence-electron chi connectivity index (χ3n) is 3.08. The number of halogens is 1. The van der Waals surface area contributed by atoms with Crippen LogP contribution >= 0.6 is 0 Å². The summed E-state index contributed by atoms with van der Waals surface area (Å²) in [5.41, 5.74) is 4.23. The third kappa shape index (κ3) is 4.71. The Balaban J connectivity index is 0.00000324. The molecule has 0 saturated carbocycles. The van der Waals surface area contributed by atoms with Crippen molar-refractivity contribution in [3.05, 3.63) is 28.8 Å². The molecule has 0 aliphatic rings. The molecule has 0 bridgehead atoms. The van der Waals surface area contributed by atoms with Crippen molar-refractivity contribution in [2.75, 3.05) is 0 Å². The first kappa shape index (κ1) is 18.8. The summed E-state index contributed by atoms with van der Waals surface area (Å²) in [7, 11) is 0. The van der Waals surface area contributed by atoms with Crippen LogP contribution in [0.2, 0.25) is 5.79 Å². The molecule has 0 fully saturated rings. The van der Waals surface area contributed by atoms with E-state index in [1.54, 1.807) is 0 Å². The zero-order valence-electron chi connectivity index (χ0n) is 13.5. The van der Waals surface area contributed by atoms with Crippen LogP contribution in [0, 0.1) is 6.92 Å². The molecule has 0 unspecified atom stereocenters. The van der Waals surface area contributed by atoms with E-state index in [9.17, 15) is 0 Å². The molecule has 3 heteroatoms. The molecule has 1 rings (SSSR count). The minimum Gasteiger partial charge on any atom is -1.00 e. The van der Waals surface area contributed by atoms with Crippen molar-refractivity contribution in [3.8, 4) is 5.75 Å². The Morgan fingerprint density at radius 3 is 1.53 bits per heavy atom. The fraction of sp³-hybridized carbons (Fsp3) is 0.625. The predicted molar refractivity (Wildman–Crippen MR) is 80.8 cm³/mol. The molecule has 1 aromatic carbocycles. The minimum atomic E-state index is 0. The second-order valence-electron chi connectivity index (χ2n) is 7.04. The summed E-state index contributed by atoms with van der Waals surface area (Å²) in [6.45, 7) is 15.7. The van der Waals surface area contributed by atoms with Gasteiger partial charge in [0.05, 0.1) is 0 Å². The first-order valence-electron chi connectivity index (χ1n) is 6.67. The van der Waals surface area contributed by atoms with E-state index >= 15 is 0 Å². The molecule has 0 N–H and O–H groups in total. The van der Waals surface area contributed by atoms with Crippen LogP contribution in [0.15, 0.2) is 12.1 Å². The van der Waals surface area contributed by atoms with Gasteiger partial charge in [-0.2, -0.15) is 0 Å². The zero-order valence-corrected chi connectivity index (χ0v) is 15.4. The molecule has 1 aromatic rings. The fourth-order valence-corrected chi connectivity index (χ4v) is 2.62. The van der Waals surface area contributed by atoms with E-state index in [4.69, 9.17) is 3.79 Å². The van der Waals surface area contributed by atoms with Crippen LogP contribution in [0.4, 0.5) is 0 Å². The van der Waals surface area contributed by atoms with Gasteiger partial charge in [-0.1, -0.05) is 0 Å². The van der Waals surface area contributed by atoms with Gasteiger partial charge in [-0.15, -0.1) is 0 Å². The van der Waals surface area contributed by atoms with Crippen molar-refractivity contribution in [2.24, 2.45) is 0 Å². The summed E-state index contributed by atoms with van der Waals surface area (Å²) in [5, 5.41) is 0. The second-order valence-corrected chi connectivity index (χ2v) is 7.75. The standard InChI is InChI=1S/C15H24O.CH3.Al.ClH/c1-10-8-11(14(2,3)4)13(16)12(9-10)15(5,6)7;;;/h8-9,16H,1-7H3;1H3;;1H/q;;+2;/p-2. The number of hydrogen-bond acceptors (Lipinski definition) is 1. The Kier molecular flexibility index (Phi) is 6.47. The summed E-state index contributed by atoms with van der Waals surface area (Å²) in [5.74, 6) is 3.26. The molecule has 0 atom stereocenters. The largest absolute Gasteiger partial charge is 1.00 e. The zero-order chi connectivity index (χ0) is 14.1. The van der Waals surface area contributed by atoms with E-state index in [0.717, 1.165) is 5.75 Å². The first-order valence-corrected chi connectivity index (χ1v) is 8.30. The van der Waals surface area contributed by atoms with Crippen LogP contribution in [0.5, 0.6) is 5.75 Å². The maximum atomic E-state index is 6.06. The van der Waals surface area contributed by atoms with Crippen LogP contribution in [0.1, 0.15) is 58.2 Å². The average Bonchev–Trinajstić information content (AvgIpc) is 2.17. The van der Waals surface area contributed by atoms with E-state index in [-0.39, 0.29) is 38.8 Å². The van der Waals surface area contributed by atoms with Crippen molar-refractivity contribution < 1.29 is 16.2 Å². The molecule has 19 heavy (non-hydrogen) atoms. The Labute approximate surface area is 131 Å². The molecule has 0 amide bonds. The molecular formula is C16H26AlClO. The molecular weight excluding hydrogens is 271 g/mol. The normalized spacial score (nSPS) is 11.6. The van der Waals surface area contributed by atoms with Gasteiger partial charge in [-0.05, 0) is 0 Å². The molecule has 0 radical (unpaired) electrons. The minimum absolute atomic E-state index is 0. The van der Waals surface area contributed by atoms with Crippen molar-refractivity contribution in [3.63, 3.8) is 0 Å². The van der Waals surface area contributed by atoms with Crippen molar-refractivity contribution in [1.82, 2.24) is 0 Å². The van der Waals surface area contributed by atoms with Crippen LogP contribution in [0.3, 0.4) is 0 Å². The second kappa shape index (κ2) is 6.53. The Morgan fingerprint density at radius 2 is 1.26 bits per heavy atom. The Hall–Kier alpha value is -0.158. The van der Waals surface area contributed by atoms with E-state index in [1.165, 1.54) is 16.7 Å². The van der Waals surface area contributed by atoms with Crippen molar-refractivity contribution in [2.45, 2.75) is 65.1 Å². The number of rotatable bonds is 2. The van der Waals surface area contributed by atoms with E-state index in [1.807, 2.05) is 0 Å². The van der Waals surface area contributed by atoms with Gasteiger partial charge in [0.1, 0.15) is 0 Å². The maximum Gasteiger partial charge on any atom is -1.00 e. The molecule has 0 aromatic heterocycles. The van der Waals surface area contributed by atoms with Crippen molar-refractivity contribution in [1.29, 1.82) is 0 Å². The van der Waals surface area contributed by atoms with Gasteiger partial charge in [0.25, 0.3) is 0 Å². The summed E-state index contributed by atoms with van der Waals surface area (Å²) >= 11 is 0.0138. The van der Waals surface area contributed by atoms with Crippen LogP contribution in [0.25, 0.3) is 0 Å². The van der Waals surface area contributed by atoms with Crippen molar-refractivity contribution >= 4 is 15.6 Å². The average molecular weight is 297 g/mol. The fourth-order valence-electron chi connectivity index (χ4n) is 2.13. The number of hydrogen-bond donors (Lipinski definition) is 0. The monoisotopic (exact) mass is 296 g/mol. The van der Waals surface area contributed by atoms with Gasteiger partial charge in [0.2, 0.25) is 0 Å². The molecule has 0 aliphatic heterocycles. The van der Waals surface area contributed by atoms with Gasteiger partial charge < -0.3 is 12.4 Å². The van der Waals surface area contributed by atoms with Crippen LogP contribution < -0.4 is 16.2 Å². The number of aryl methyl sites for hydroxylation is 1. The van der Waals surface area contributed by atoms with Gasteiger partial charge in [0.15, 0.2) is 0 Å². The molecule has 1 nitrogen and oxygen atoms in total. The summed E-state index contributed by atoms with van der Waals surface area (Å²) < 4.78 is 6.06. The molecule has 0 spiro atoms. The topological polar surface area (TPSA) is 9.23 Å². The summed E-state index contributed by atoms with van der Waals surface area (Å²) in [6.07, 6.45) is 0. The van der Waals surface area contributed by atoms with Crippen LogP contribution in [-0.2, 0) is 10.8 Å². The summed E-state index contributed by atoms with van der Waals surface area (Å²) in [6, 6.07) is 4.55. The van der Waals surface area contributed by atoms with E-state index < -0.39 is 0 Å². The summed E-state index contributed by atoms with van der Waals surface area (Å²) in [4.78, 5) is 0.